The Hall–Kier alpha value is -1.76. The van der Waals surface area contributed by atoms with Crippen molar-refractivity contribution in [3.8, 4) is 0 Å². The van der Waals surface area contributed by atoms with Gasteiger partial charge in [0.1, 0.15) is 17.8 Å². The summed E-state index contributed by atoms with van der Waals surface area (Å²) in [5.74, 6) is 0.189. The molecule has 4 nitrogen and oxygen atoms in total. The van der Waals surface area contributed by atoms with E-state index >= 15 is 0 Å². The lowest BCUT2D eigenvalue weighted by molar-refractivity contribution is -0.137. The molecule has 1 aliphatic rings. The van der Waals surface area contributed by atoms with Crippen LogP contribution in [0.25, 0.3) is 0 Å². The Morgan fingerprint density at radius 3 is 2.63 bits per heavy atom. The zero-order chi connectivity index (χ0) is 14.2. The largest absolute Gasteiger partial charge is 0.499 e. The van der Waals surface area contributed by atoms with Crippen LogP contribution in [-0.4, -0.2) is 23.4 Å². The van der Waals surface area contributed by atoms with Gasteiger partial charge in [-0.25, -0.2) is 4.98 Å². The molecule has 0 bridgehead atoms. The van der Waals surface area contributed by atoms with Crippen molar-refractivity contribution in [2.24, 2.45) is 5.92 Å². The second-order valence-electron chi connectivity index (χ2n) is 4.25. The number of aliphatic hydroxyl groups is 1. The number of alkyl halides is 3. The molecule has 0 amide bonds. The molecule has 19 heavy (non-hydrogen) atoms. The maximum Gasteiger partial charge on any atom is 0.416 e. The lowest BCUT2D eigenvalue weighted by Crippen LogP contribution is -2.31. The van der Waals surface area contributed by atoms with Gasteiger partial charge in [-0.2, -0.15) is 13.2 Å². The minimum absolute atomic E-state index is 0.0289. The summed E-state index contributed by atoms with van der Waals surface area (Å²) in [6.07, 6.45) is -2.92. The van der Waals surface area contributed by atoms with E-state index in [2.05, 4.69) is 4.98 Å². The average molecular weight is 274 g/mol. The fraction of sp³-hybridized carbons (Fsp3) is 0.417. The van der Waals surface area contributed by atoms with E-state index in [0.29, 0.717) is 5.76 Å². The predicted octanol–water partition coefficient (Wildman–Crippen LogP) is 2.36. The monoisotopic (exact) mass is 274 g/mol. The first-order valence-corrected chi connectivity index (χ1v) is 5.60. The number of hydrogen-bond acceptors (Lipinski definition) is 4. The normalized spacial score (nSPS) is 23.5. The van der Waals surface area contributed by atoms with E-state index in [1.165, 1.54) is 18.2 Å². The van der Waals surface area contributed by atoms with Crippen LogP contribution in [0.5, 0.6) is 0 Å². The molecular formula is C12H13F3N2O2. The maximum atomic E-state index is 12.6. The quantitative estimate of drug-likeness (QED) is 0.899. The van der Waals surface area contributed by atoms with Crippen LogP contribution in [0.1, 0.15) is 12.5 Å². The third-order valence-electron chi connectivity index (χ3n) is 3.02. The first-order chi connectivity index (χ1) is 8.84. The second-order valence-corrected chi connectivity index (χ2v) is 4.25. The second kappa shape index (κ2) is 4.73. The van der Waals surface area contributed by atoms with Gasteiger partial charge in [0.25, 0.3) is 0 Å². The zero-order valence-electron chi connectivity index (χ0n) is 10.3. The van der Waals surface area contributed by atoms with E-state index in [9.17, 15) is 18.3 Å². The third-order valence-corrected chi connectivity index (χ3v) is 3.02. The van der Waals surface area contributed by atoms with Gasteiger partial charge in [0, 0.05) is 12.4 Å². The van der Waals surface area contributed by atoms with Gasteiger partial charge in [-0.15, -0.1) is 0 Å². The van der Waals surface area contributed by atoms with Gasteiger partial charge in [-0.3, -0.25) is 0 Å². The highest BCUT2D eigenvalue weighted by molar-refractivity contribution is 5.48. The van der Waals surface area contributed by atoms with Crippen LogP contribution < -0.4 is 4.90 Å². The number of methoxy groups -OCH3 is 1. The summed E-state index contributed by atoms with van der Waals surface area (Å²) in [6, 6.07) is 1.78. The molecule has 1 N–H and O–H groups in total. The molecule has 104 valence electrons. The standard InChI is InChI=1S/C12H13F3N2O2/c1-7-9(19-2)6-17(11(7)18)10-5-8(3-4-16-10)12(13,14)15/h3-7,11,18H,1-2H3. The summed E-state index contributed by atoms with van der Waals surface area (Å²) in [4.78, 5) is 5.12. The van der Waals surface area contributed by atoms with Crippen LogP contribution in [-0.2, 0) is 10.9 Å². The topological polar surface area (TPSA) is 45.6 Å². The zero-order valence-corrected chi connectivity index (χ0v) is 10.3. The van der Waals surface area contributed by atoms with Crippen molar-refractivity contribution in [3.63, 3.8) is 0 Å². The van der Waals surface area contributed by atoms with Crippen LogP contribution >= 0.6 is 0 Å². The van der Waals surface area contributed by atoms with Crippen molar-refractivity contribution in [2.75, 3.05) is 12.0 Å². The fourth-order valence-corrected chi connectivity index (χ4v) is 1.90. The summed E-state index contributed by atoms with van der Waals surface area (Å²) in [7, 11) is 1.44. The van der Waals surface area contributed by atoms with Gasteiger partial charge in [0.05, 0.1) is 18.6 Å². The number of aliphatic hydroxyl groups excluding tert-OH is 1. The van der Waals surface area contributed by atoms with Crippen molar-refractivity contribution in [1.29, 1.82) is 0 Å². The molecule has 1 aromatic rings. The van der Waals surface area contributed by atoms with Crippen LogP contribution in [0, 0.1) is 5.92 Å². The molecule has 1 aliphatic heterocycles. The van der Waals surface area contributed by atoms with E-state index in [4.69, 9.17) is 4.74 Å². The van der Waals surface area contributed by atoms with Crippen molar-refractivity contribution in [2.45, 2.75) is 19.3 Å². The molecule has 1 aromatic heterocycles. The number of halogens is 3. The molecule has 0 fully saturated rings. The van der Waals surface area contributed by atoms with E-state index in [-0.39, 0.29) is 11.7 Å². The number of nitrogens with zero attached hydrogens (tertiary/aromatic N) is 2. The molecule has 0 spiro atoms. The fourth-order valence-electron chi connectivity index (χ4n) is 1.90. The summed E-state index contributed by atoms with van der Waals surface area (Å²) in [6.45, 7) is 1.72. The average Bonchev–Trinajstić information content (AvgIpc) is 2.65. The van der Waals surface area contributed by atoms with E-state index < -0.39 is 18.0 Å². The molecule has 0 aliphatic carbocycles. The van der Waals surface area contributed by atoms with E-state index in [1.807, 2.05) is 0 Å². The van der Waals surface area contributed by atoms with Gasteiger partial charge in [0.2, 0.25) is 0 Å². The summed E-state index contributed by atoms with van der Waals surface area (Å²) >= 11 is 0. The third kappa shape index (κ3) is 2.51. The van der Waals surface area contributed by atoms with Crippen LogP contribution in [0.2, 0.25) is 0 Å². The Labute approximate surface area is 108 Å². The number of pyridine rings is 1. The van der Waals surface area contributed by atoms with Crippen LogP contribution in [0.3, 0.4) is 0 Å². The highest BCUT2D eigenvalue weighted by Crippen LogP contribution is 2.34. The highest BCUT2D eigenvalue weighted by Gasteiger charge is 2.35. The first kappa shape index (κ1) is 13.7. The number of hydrogen-bond donors (Lipinski definition) is 1. The van der Waals surface area contributed by atoms with Gasteiger partial charge in [-0.05, 0) is 12.1 Å². The van der Waals surface area contributed by atoms with Crippen molar-refractivity contribution >= 4 is 5.82 Å². The van der Waals surface area contributed by atoms with Crippen molar-refractivity contribution in [1.82, 2.24) is 4.98 Å². The number of anilines is 1. The van der Waals surface area contributed by atoms with Crippen molar-refractivity contribution < 1.29 is 23.0 Å². The molecule has 0 saturated carbocycles. The predicted molar refractivity (Wildman–Crippen MR) is 62.0 cm³/mol. The minimum Gasteiger partial charge on any atom is -0.499 e. The molecule has 0 radical (unpaired) electrons. The molecule has 0 aromatic carbocycles. The summed E-state index contributed by atoms with van der Waals surface area (Å²) in [5, 5.41) is 9.98. The Bertz CT molecular complexity index is 502. The Morgan fingerprint density at radius 1 is 1.42 bits per heavy atom. The smallest absolute Gasteiger partial charge is 0.416 e. The summed E-state index contributed by atoms with van der Waals surface area (Å²) in [5.41, 5.74) is -0.809. The van der Waals surface area contributed by atoms with Gasteiger partial charge >= 0.3 is 6.18 Å². The SMILES string of the molecule is COC1=CN(c2cc(C(F)(F)F)ccn2)C(O)C1C. The maximum absolute atomic E-state index is 12.6. The van der Waals surface area contributed by atoms with Crippen LogP contribution in [0.15, 0.2) is 30.3 Å². The molecule has 2 unspecified atom stereocenters. The van der Waals surface area contributed by atoms with E-state index in [1.54, 1.807) is 6.92 Å². The number of aromatic nitrogens is 1. The van der Waals surface area contributed by atoms with Gasteiger partial charge in [-0.1, -0.05) is 6.92 Å². The molecule has 2 rings (SSSR count). The molecular weight excluding hydrogens is 261 g/mol. The summed E-state index contributed by atoms with van der Waals surface area (Å²) < 4.78 is 42.9. The van der Waals surface area contributed by atoms with Crippen molar-refractivity contribution in [3.05, 3.63) is 35.9 Å². The minimum atomic E-state index is -4.44. The molecule has 2 atom stereocenters. The Kier molecular flexibility index (Phi) is 3.40. The molecule has 7 heteroatoms. The van der Waals surface area contributed by atoms with Gasteiger partial charge in [0.15, 0.2) is 0 Å². The molecule has 2 heterocycles. The van der Waals surface area contributed by atoms with Gasteiger partial charge < -0.3 is 14.7 Å². The molecule has 0 saturated heterocycles. The first-order valence-electron chi connectivity index (χ1n) is 5.60. The number of rotatable bonds is 2. The Morgan fingerprint density at radius 2 is 2.11 bits per heavy atom. The highest BCUT2D eigenvalue weighted by atomic mass is 19.4. The Balaban J connectivity index is 2.36. The number of ether oxygens (including phenoxy) is 1. The van der Waals surface area contributed by atoms with E-state index in [0.717, 1.165) is 18.3 Å². The lowest BCUT2D eigenvalue weighted by atomic mass is 10.1. The lowest BCUT2D eigenvalue weighted by Gasteiger charge is -2.22. The van der Waals surface area contributed by atoms with Crippen LogP contribution in [0.4, 0.5) is 19.0 Å².